The smallest absolute Gasteiger partial charge is 0.136 e. The SMILES string of the molecule is CC.CCOCC1(F)CCN(C2CCOC2)CC1. The van der Waals surface area contributed by atoms with Gasteiger partial charge in [-0.2, -0.15) is 0 Å². The van der Waals surface area contributed by atoms with Crippen molar-refractivity contribution in [2.24, 2.45) is 0 Å². The molecule has 0 N–H and O–H groups in total. The zero-order chi connectivity index (χ0) is 13.4. The molecule has 0 bridgehead atoms. The number of likely N-dealkylation sites (tertiary alicyclic amines) is 1. The Labute approximate surface area is 111 Å². The van der Waals surface area contributed by atoms with Crippen LogP contribution in [-0.4, -0.2) is 56.1 Å². The van der Waals surface area contributed by atoms with E-state index in [1.807, 2.05) is 20.8 Å². The summed E-state index contributed by atoms with van der Waals surface area (Å²) >= 11 is 0. The first-order chi connectivity index (χ1) is 8.73. The van der Waals surface area contributed by atoms with Gasteiger partial charge in [0.1, 0.15) is 5.67 Å². The Morgan fingerprint density at radius 3 is 2.50 bits per heavy atom. The first-order valence-corrected chi connectivity index (χ1v) is 7.32. The Hall–Kier alpha value is -0.190. The predicted molar refractivity (Wildman–Crippen MR) is 71.7 cm³/mol. The van der Waals surface area contributed by atoms with Gasteiger partial charge in [0.15, 0.2) is 0 Å². The van der Waals surface area contributed by atoms with Gasteiger partial charge in [-0.25, -0.2) is 4.39 Å². The molecule has 2 aliphatic heterocycles. The molecule has 1 unspecified atom stereocenters. The van der Waals surface area contributed by atoms with E-state index in [2.05, 4.69) is 4.90 Å². The molecule has 2 fully saturated rings. The monoisotopic (exact) mass is 261 g/mol. The molecule has 0 aromatic rings. The Bertz CT molecular complexity index is 212. The Morgan fingerprint density at radius 1 is 1.33 bits per heavy atom. The summed E-state index contributed by atoms with van der Waals surface area (Å²) in [6.45, 7) is 10.2. The summed E-state index contributed by atoms with van der Waals surface area (Å²) in [5.74, 6) is 0. The third-order valence-electron chi connectivity index (χ3n) is 3.68. The van der Waals surface area contributed by atoms with Crippen molar-refractivity contribution in [1.82, 2.24) is 4.90 Å². The van der Waals surface area contributed by atoms with Crippen molar-refractivity contribution in [3.05, 3.63) is 0 Å². The summed E-state index contributed by atoms with van der Waals surface area (Å²) in [7, 11) is 0. The highest BCUT2D eigenvalue weighted by atomic mass is 19.1. The number of piperidine rings is 1. The highest BCUT2D eigenvalue weighted by molar-refractivity contribution is 4.89. The second kappa shape index (κ2) is 8.08. The van der Waals surface area contributed by atoms with E-state index in [9.17, 15) is 4.39 Å². The van der Waals surface area contributed by atoms with Crippen LogP contribution in [0.1, 0.15) is 40.0 Å². The summed E-state index contributed by atoms with van der Waals surface area (Å²) in [4.78, 5) is 2.37. The molecular formula is C14H28FNO2. The number of ether oxygens (including phenoxy) is 2. The lowest BCUT2D eigenvalue weighted by Crippen LogP contribution is -2.48. The van der Waals surface area contributed by atoms with Gasteiger partial charge < -0.3 is 9.47 Å². The topological polar surface area (TPSA) is 21.7 Å². The standard InChI is InChI=1S/C12H22FNO2.C2H6/c1-2-15-10-12(13)4-6-14(7-5-12)11-3-8-16-9-11;1-2/h11H,2-10H2,1H3;1-2H3. The maximum atomic E-state index is 14.2. The third kappa shape index (κ3) is 4.48. The molecule has 4 heteroatoms. The van der Waals surface area contributed by atoms with Crippen LogP contribution in [0, 0.1) is 0 Å². The lowest BCUT2D eigenvalue weighted by atomic mass is 9.93. The molecule has 18 heavy (non-hydrogen) atoms. The van der Waals surface area contributed by atoms with E-state index in [1.54, 1.807) is 0 Å². The highest BCUT2D eigenvalue weighted by Crippen LogP contribution is 2.29. The van der Waals surface area contributed by atoms with E-state index in [0.717, 1.165) is 32.7 Å². The van der Waals surface area contributed by atoms with Crippen molar-refractivity contribution >= 4 is 0 Å². The zero-order valence-electron chi connectivity index (χ0n) is 12.1. The van der Waals surface area contributed by atoms with Crippen molar-refractivity contribution in [3.63, 3.8) is 0 Å². The molecule has 0 aliphatic carbocycles. The molecule has 2 aliphatic rings. The van der Waals surface area contributed by atoms with Crippen molar-refractivity contribution in [2.75, 3.05) is 39.5 Å². The molecule has 0 amide bonds. The lowest BCUT2D eigenvalue weighted by Gasteiger charge is -2.38. The van der Waals surface area contributed by atoms with Gasteiger partial charge in [0.05, 0.1) is 13.2 Å². The molecule has 2 heterocycles. The Balaban J connectivity index is 0.000000771. The van der Waals surface area contributed by atoms with Crippen LogP contribution in [0.2, 0.25) is 0 Å². The second-order valence-corrected chi connectivity index (χ2v) is 4.84. The van der Waals surface area contributed by atoms with Crippen molar-refractivity contribution in [2.45, 2.75) is 51.7 Å². The molecule has 0 aromatic carbocycles. The van der Waals surface area contributed by atoms with E-state index >= 15 is 0 Å². The van der Waals surface area contributed by atoms with Crippen LogP contribution in [0.4, 0.5) is 4.39 Å². The average Bonchev–Trinajstić information content (AvgIpc) is 2.94. The molecule has 0 radical (unpaired) electrons. The minimum atomic E-state index is -1.09. The van der Waals surface area contributed by atoms with Crippen LogP contribution in [-0.2, 0) is 9.47 Å². The van der Waals surface area contributed by atoms with Crippen LogP contribution < -0.4 is 0 Å². The minimum absolute atomic E-state index is 0.262. The normalized spacial score (nSPS) is 27.7. The van der Waals surface area contributed by atoms with E-state index in [0.29, 0.717) is 25.5 Å². The van der Waals surface area contributed by atoms with Gasteiger partial charge in [-0.1, -0.05) is 13.8 Å². The van der Waals surface area contributed by atoms with Gasteiger partial charge in [0, 0.05) is 32.3 Å². The fraction of sp³-hybridized carbons (Fsp3) is 1.00. The molecule has 108 valence electrons. The van der Waals surface area contributed by atoms with E-state index in [-0.39, 0.29) is 6.61 Å². The first kappa shape index (κ1) is 15.9. The molecule has 2 saturated heterocycles. The summed E-state index contributed by atoms with van der Waals surface area (Å²) in [6, 6.07) is 0.525. The quantitative estimate of drug-likeness (QED) is 0.776. The number of rotatable bonds is 4. The fourth-order valence-corrected chi connectivity index (χ4v) is 2.53. The summed E-state index contributed by atoms with van der Waals surface area (Å²) in [6.07, 6.45) is 2.30. The lowest BCUT2D eigenvalue weighted by molar-refractivity contribution is -0.0299. The second-order valence-electron chi connectivity index (χ2n) is 4.84. The van der Waals surface area contributed by atoms with Gasteiger partial charge in [-0.15, -0.1) is 0 Å². The van der Waals surface area contributed by atoms with Crippen molar-refractivity contribution in [3.8, 4) is 0 Å². The predicted octanol–water partition coefficient (Wildman–Crippen LogP) is 2.64. The third-order valence-corrected chi connectivity index (χ3v) is 3.68. The molecule has 0 saturated carbocycles. The molecular weight excluding hydrogens is 233 g/mol. The first-order valence-electron chi connectivity index (χ1n) is 7.32. The van der Waals surface area contributed by atoms with Gasteiger partial charge in [0.25, 0.3) is 0 Å². The van der Waals surface area contributed by atoms with Gasteiger partial charge in [-0.3, -0.25) is 4.90 Å². The summed E-state index contributed by atoms with van der Waals surface area (Å²) < 4.78 is 24.8. The van der Waals surface area contributed by atoms with Crippen LogP contribution in [0.3, 0.4) is 0 Å². The van der Waals surface area contributed by atoms with Gasteiger partial charge >= 0.3 is 0 Å². The fourth-order valence-electron chi connectivity index (χ4n) is 2.53. The zero-order valence-corrected chi connectivity index (χ0v) is 12.1. The van der Waals surface area contributed by atoms with Crippen LogP contribution in [0.25, 0.3) is 0 Å². The number of halogens is 1. The molecule has 0 spiro atoms. The Morgan fingerprint density at radius 2 is 2.00 bits per heavy atom. The highest BCUT2D eigenvalue weighted by Gasteiger charge is 2.37. The van der Waals surface area contributed by atoms with Gasteiger partial charge in [0.2, 0.25) is 0 Å². The van der Waals surface area contributed by atoms with E-state index in [4.69, 9.17) is 9.47 Å². The average molecular weight is 261 g/mol. The van der Waals surface area contributed by atoms with Gasteiger partial charge in [-0.05, 0) is 26.2 Å². The maximum Gasteiger partial charge on any atom is 0.136 e. The van der Waals surface area contributed by atoms with Crippen molar-refractivity contribution < 1.29 is 13.9 Å². The summed E-state index contributed by atoms with van der Waals surface area (Å²) in [5.41, 5.74) is -1.09. The summed E-state index contributed by atoms with van der Waals surface area (Å²) in [5, 5.41) is 0. The Kier molecular flexibility index (Phi) is 7.12. The van der Waals surface area contributed by atoms with Crippen LogP contribution in [0.15, 0.2) is 0 Å². The van der Waals surface area contributed by atoms with Crippen molar-refractivity contribution in [1.29, 1.82) is 0 Å². The van der Waals surface area contributed by atoms with Crippen LogP contribution in [0.5, 0.6) is 0 Å². The number of hydrogen-bond donors (Lipinski definition) is 0. The molecule has 2 rings (SSSR count). The largest absolute Gasteiger partial charge is 0.380 e. The molecule has 0 aromatic heterocycles. The number of alkyl halides is 1. The molecule has 1 atom stereocenters. The van der Waals surface area contributed by atoms with E-state index in [1.165, 1.54) is 0 Å². The van der Waals surface area contributed by atoms with E-state index < -0.39 is 5.67 Å². The van der Waals surface area contributed by atoms with Crippen LogP contribution >= 0.6 is 0 Å². The number of nitrogens with zero attached hydrogens (tertiary/aromatic N) is 1. The number of hydrogen-bond acceptors (Lipinski definition) is 3. The maximum absolute atomic E-state index is 14.2. The molecule has 3 nitrogen and oxygen atoms in total. The minimum Gasteiger partial charge on any atom is -0.380 e.